The second-order valence-electron chi connectivity index (χ2n) is 6.61. The first-order valence-electron chi connectivity index (χ1n) is 8.84. The molecule has 2 fully saturated rings. The van der Waals surface area contributed by atoms with Gasteiger partial charge in [0.1, 0.15) is 30.1 Å². The summed E-state index contributed by atoms with van der Waals surface area (Å²) in [6.45, 7) is 1.55. The normalized spacial score (nSPS) is 32.4. The lowest BCUT2D eigenvalue weighted by molar-refractivity contribution is -0.336. The highest BCUT2D eigenvalue weighted by Gasteiger charge is 2.51. The molecule has 0 aliphatic carbocycles. The first-order chi connectivity index (χ1) is 13.5. The summed E-state index contributed by atoms with van der Waals surface area (Å²) in [4.78, 5) is 11.7. The Morgan fingerprint density at radius 2 is 2.04 bits per heavy atom. The average Bonchev–Trinajstić information content (AvgIpc) is 3.21. The van der Waals surface area contributed by atoms with Crippen molar-refractivity contribution in [2.24, 2.45) is 0 Å². The zero-order valence-electron chi connectivity index (χ0n) is 15.0. The van der Waals surface area contributed by atoms with Gasteiger partial charge >= 0.3 is 0 Å². The summed E-state index contributed by atoms with van der Waals surface area (Å²) in [5.41, 5.74) is 0. The minimum atomic E-state index is -1.07. The second kappa shape index (κ2) is 8.22. The Morgan fingerprint density at radius 1 is 1.25 bits per heavy atom. The predicted molar refractivity (Wildman–Crippen MR) is 99.3 cm³/mol. The van der Waals surface area contributed by atoms with Crippen molar-refractivity contribution in [3.63, 3.8) is 0 Å². The summed E-state index contributed by atoms with van der Waals surface area (Å²) in [7, 11) is 0. The molecule has 1 aromatic carbocycles. The van der Waals surface area contributed by atoms with Crippen molar-refractivity contribution >= 4 is 21.8 Å². The van der Waals surface area contributed by atoms with Crippen molar-refractivity contribution in [1.82, 2.24) is 5.32 Å². The van der Waals surface area contributed by atoms with Crippen LogP contribution < -0.4 is 10.1 Å². The van der Waals surface area contributed by atoms with E-state index in [2.05, 4.69) is 21.2 Å². The fraction of sp³-hybridized carbons (Fsp3) is 0.421. The zero-order chi connectivity index (χ0) is 19.7. The number of aliphatic hydroxyl groups excluding tert-OH is 1. The van der Waals surface area contributed by atoms with Gasteiger partial charge in [0, 0.05) is 11.4 Å². The maximum Gasteiger partial charge on any atom is 0.223 e. The number of hydrogen-bond acceptors (Lipinski definition) is 7. The Hall–Kier alpha value is -1.91. The second-order valence-corrected chi connectivity index (χ2v) is 7.53. The molecule has 4 rings (SSSR count). The van der Waals surface area contributed by atoms with Crippen LogP contribution >= 0.6 is 15.9 Å². The van der Waals surface area contributed by atoms with Crippen LogP contribution in [0.5, 0.6) is 5.75 Å². The lowest BCUT2D eigenvalue weighted by atomic mass is 9.96. The van der Waals surface area contributed by atoms with Crippen molar-refractivity contribution in [3.8, 4) is 5.75 Å². The lowest BCUT2D eigenvalue weighted by Crippen LogP contribution is -2.67. The van der Waals surface area contributed by atoms with Gasteiger partial charge in [-0.25, -0.2) is 0 Å². The van der Waals surface area contributed by atoms with Gasteiger partial charge in [0.15, 0.2) is 5.76 Å². The molecule has 6 atom stereocenters. The summed E-state index contributed by atoms with van der Waals surface area (Å²) in [5.74, 6) is 0.723. The fourth-order valence-corrected chi connectivity index (χ4v) is 3.56. The number of ether oxygens (including phenoxy) is 4. The third kappa shape index (κ3) is 4.08. The van der Waals surface area contributed by atoms with E-state index < -0.39 is 36.9 Å². The zero-order valence-corrected chi connectivity index (χ0v) is 16.6. The van der Waals surface area contributed by atoms with E-state index >= 15 is 0 Å². The Morgan fingerprint density at radius 3 is 2.71 bits per heavy atom. The van der Waals surface area contributed by atoms with Gasteiger partial charge in [0.2, 0.25) is 18.5 Å². The maximum absolute atomic E-state index is 11.7. The molecule has 1 amide bonds. The number of fused-ring (bicyclic) bond motifs is 1. The number of furan rings is 1. The van der Waals surface area contributed by atoms with Gasteiger partial charge in [0.25, 0.3) is 0 Å². The van der Waals surface area contributed by atoms with E-state index in [1.165, 1.54) is 13.2 Å². The Bertz CT molecular complexity index is 797. The quantitative estimate of drug-likeness (QED) is 0.731. The number of carbonyl (C=O) groups is 1. The van der Waals surface area contributed by atoms with Crippen molar-refractivity contribution in [2.75, 3.05) is 6.61 Å². The molecule has 0 saturated carbocycles. The van der Waals surface area contributed by atoms with Gasteiger partial charge in [-0.15, -0.1) is 0 Å². The first kappa shape index (κ1) is 19.4. The number of aliphatic hydroxyl groups is 1. The van der Waals surface area contributed by atoms with Gasteiger partial charge < -0.3 is 33.8 Å². The molecular formula is C19H20BrNO7. The van der Waals surface area contributed by atoms with Crippen molar-refractivity contribution < 1.29 is 33.3 Å². The molecule has 6 unspecified atom stereocenters. The third-order valence-electron chi connectivity index (χ3n) is 4.58. The molecule has 28 heavy (non-hydrogen) atoms. The van der Waals surface area contributed by atoms with Crippen LogP contribution in [0.4, 0.5) is 0 Å². The Labute approximate surface area is 169 Å². The molecule has 2 aromatic rings. The van der Waals surface area contributed by atoms with Crippen LogP contribution in [0.15, 0.2) is 51.6 Å². The number of benzene rings is 1. The predicted octanol–water partition coefficient (Wildman–Crippen LogP) is 2.13. The van der Waals surface area contributed by atoms with Crippen LogP contribution in [-0.2, 0) is 19.0 Å². The average molecular weight is 454 g/mol. The molecule has 2 N–H and O–H groups in total. The van der Waals surface area contributed by atoms with E-state index in [1.807, 2.05) is 12.1 Å². The van der Waals surface area contributed by atoms with Gasteiger partial charge in [-0.2, -0.15) is 0 Å². The molecule has 3 heterocycles. The van der Waals surface area contributed by atoms with Gasteiger partial charge in [-0.3, -0.25) is 4.79 Å². The number of carbonyl (C=O) groups excluding carboxylic acids is 1. The fourth-order valence-electron chi connectivity index (χ4n) is 3.30. The van der Waals surface area contributed by atoms with Crippen molar-refractivity contribution in [1.29, 1.82) is 0 Å². The monoisotopic (exact) mass is 453 g/mol. The molecule has 0 spiro atoms. The largest absolute Gasteiger partial charge is 0.464 e. The Balaban J connectivity index is 1.53. The standard InChI is InChI=1S/C19H20BrNO7/c1-10(22)21-15-16(23)17-14(9-25-18(28-17)13-3-2-8-24-13)27-19(15)26-12-6-4-11(20)5-7-12/h2-8,14-19,23H,9H2,1H3,(H,21,22). The number of halogens is 1. The van der Waals surface area contributed by atoms with E-state index in [9.17, 15) is 9.90 Å². The highest BCUT2D eigenvalue weighted by molar-refractivity contribution is 9.10. The number of nitrogens with one attached hydrogen (secondary N) is 1. The van der Waals surface area contributed by atoms with Crippen LogP contribution in [0.1, 0.15) is 19.0 Å². The summed E-state index contributed by atoms with van der Waals surface area (Å²) >= 11 is 3.37. The van der Waals surface area contributed by atoms with Crippen LogP contribution in [0.25, 0.3) is 0 Å². The SMILES string of the molecule is CC(=O)NC1C(Oc2ccc(Br)cc2)OC2COC(c3ccco3)OC2C1O. The summed E-state index contributed by atoms with van der Waals surface area (Å²) in [6, 6.07) is 9.81. The summed E-state index contributed by atoms with van der Waals surface area (Å²) in [6.07, 6.45) is -2.49. The summed E-state index contributed by atoms with van der Waals surface area (Å²) in [5, 5.41) is 13.6. The molecule has 1 aromatic heterocycles. The maximum atomic E-state index is 11.7. The molecule has 9 heteroatoms. The minimum Gasteiger partial charge on any atom is -0.464 e. The van der Waals surface area contributed by atoms with E-state index in [-0.39, 0.29) is 12.5 Å². The van der Waals surface area contributed by atoms with Gasteiger partial charge in [-0.05, 0) is 36.4 Å². The van der Waals surface area contributed by atoms with E-state index in [4.69, 9.17) is 23.4 Å². The topological polar surface area (TPSA) is 99.4 Å². The van der Waals surface area contributed by atoms with Crippen molar-refractivity contribution in [2.45, 2.75) is 43.9 Å². The number of hydrogen-bond donors (Lipinski definition) is 2. The van der Waals surface area contributed by atoms with Gasteiger partial charge in [-0.1, -0.05) is 15.9 Å². The van der Waals surface area contributed by atoms with E-state index in [1.54, 1.807) is 24.3 Å². The molecule has 2 saturated heterocycles. The summed E-state index contributed by atoms with van der Waals surface area (Å²) < 4.78 is 29.6. The molecular weight excluding hydrogens is 434 g/mol. The van der Waals surface area contributed by atoms with Crippen LogP contribution in [0.3, 0.4) is 0 Å². The smallest absolute Gasteiger partial charge is 0.223 e. The van der Waals surface area contributed by atoms with Crippen LogP contribution in [-0.4, -0.2) is 48.3 Å². The highest BCUT2D eigenvalue weighted by Crippen LogP contribution is 2.35. The molecule has 8 nitrogen and oxygen atoms in total. The molecule has 2 aliphatic rings. The van der Waals surface area contributed by atoms with Crippen molar-refractivity contribution in [3.05, 3.63) is 52.9 Å². The lowest BCUT2D eigenvalue weighted by Gasteiger charge is -2.47. The molecule has 2 aliphatic heterocycles. The molecule has 0 radical (unpaired) electrons. The minimum absolute atomic E-state index is 0.181. The van der Waals surface area contributed by atoms with Gasteiger partial charge in [0.05, 0.1) is 12.9 Å². The molecule has 150 valence electrons. The van der Waals surface area contributed by atoms with Crippen LogP contribution in [0.2, 0.25) is 0 Å². The number of amides is 1. The highest BCUT2D eigenvalue weighted by atomic mass is 79.9. The third-order valence-corrected chi connectivity index (χ3v) is 5.11. The Kier molecular flexibility index (Phi) is 5.70. The van der Waals surface area contributed by atoms with Crippen LogP contribution in [0, 0.1) is 0 Å². The first-order valence-corrected chi connectivity index (χ1v) is 9.64. The van der Waals surface area contributed by atoms with E-state index in [0.29, 0.717) is 11.5 Å². The molecule has 0 bridgehead atoms. The van der Waals surface area contributed by atoms with E-state index in [0.717, 1.165) is 4.47 Å². The number of rotatable bonds is 4.